The number of halogens is 1. The Morgan fingerprint density at radius 1 is 1.31 bits per heavy atom. The highest BCUT2D eigenvalue weighted by Gasteiger charge is 2.35. The lowest BCUT2D eigenvalue weighted by atomic mass is 9.85. The molecule has 0 saturated carbocycles. The fourth-order valence-corrected chi connectivity index (χ4v) is 2.35. The van der Waals surface area contributed by atoms with E-state index in [1.54, 1.807) is 0 Å². The molecular weight excluding hydrogens is 222 g/mol. The van der Waals surface area contributed by atoms with Gasteiger partial charge in [0, 0.05) is 11.6 Å². The van der Waals surface area contributed by atoms with Crippen LogP contribution < -0.4 is 5.73 Å². The summed E-state index contributed by atoms with van der Waals surface area (Å²) in [5.41, 5.74) is 7.15. The molecule has 2 nitrogen and oxygen atoms in total. The molecule has 0 radical (unpaired) electrons. The first-order chi connectivity index (χ1) is 7.62. The molecule has 0 spiro atoms. The molecule has 1 saturated heterocycles. The third-order valence-corrected chi connectivity index (χ3v) is 3.64. The van der Waals surface area contributed by atoms with Crippen LogP contribution in [0.25, 0.3) is 0 Å². The summed E-state index contributed by atoms with van der Waals surface area (Å²) in [6.07, 6.45) is 3.36. The molecule has 0 amide bonds. The van der Waals surface area contributed by atoms with Gasteiger partial charge in [-0.1, -0.05) is 23.7 Å². The number of hydrogen-bond donors (Lipinski definition) is 1. The monoisotopic (exact) mass is 239 g/mol. The van der Waals surface area contributed by atoms with Crippen molar-refractivity contribution in [3.63, 3.8) is 0 Å². The second kappa shape index (κ2) is 4.74. The molecule has 1 fully saturated rings. The smallest absolute Gasteiger partial charge is 0.0846 e. The Kier molecular flexibility index (Phi) is 3.53. The summed E-state index contributed by atoms with van der Waals surface area (Å²) < 4.78 is 5.85. The molecule has 0 aromatic heterocycles. The number of ether oxygens (including phenoxy) is 1. The van der Waals surface area contributed by atoms with E-state index in [4.69, 9.17) is 22.1 Å². The molecule has 2 unspecified atom stereocenters. The van der Waals surface area contributed by atoms with Crippen LogP contribution in [-0.4, -0.2) is 12.2 Å². The summed E-state index contributed by atoms with van der Waals surface area (Å²) in [5, 5.41) is 0.741. The largest absolute Gasteiger partial charge is 0.373 e. The number of hydrogen-bond acceptors (Lipinski definition) is 2. The molecule has 16 heavy (non-hydrogen) atoms. The van der Waals surface area contributed by atoms with Crippen molar-refractivity contribution in [1.29, 1.82) is 0 Å². The third-order valence-electron chi connectivity index (χ3n) is 3.39. The van der Waals surface area contributed by atoms with E-state index in [1.807, 2.05) is 24.3 Å². The van der Waals surface area contributed by atoms with Gasteiger partial charge < -0.3 is 10.5 Å². The van der Waals surface area contributed by atoms with Gasteiger partial charge in [0.05, 0.1) is 11.6 Å². The molecule has 1 aliphatic heterocycles. The molecule has 1 aromatic rings. The zero-order valence-corrected chi connectivity index (χ0v) is 10.3. The molecular formula is C13H18ClNO. The molecule has 2 N–H and O–H groups in total. The van der Waals surface area contributed by atoms with E-state index < -0.39 is 0 Å². The van der Waals surface area contributed by atoms with Gasteiger partial charge >= 0.3 is 0 Å². The molecule has 1 aliphatic rings. The first-order valence-corrected chi connectivity index (χ1v) is 6.15. The maximum absolute atomic E-state index is 6.29. The average molecular weight is 240 g/mol. The Bertz CT molecular complexity index is 343. The summed E-state index contributed by atoms with van der Waals surface area (Å²) in [4.78, 5) is 0. The first kappa shape index (κ1) is 11.9. The zero-order chi connectivity index (χ0) is 11.6. The minimum atomic E-state index is -0.230. The van der Waals surface area contributed by atoms with Crippen LogP contribution in [0.3, 0.4) is 0 Å². The Labute approximate surface area is 102 Å². The number of benzene rings is 1. The van der Waals surface area contributed by atoms with Gasteiger partial charge in [-0.3, -0.25) is 0 Å². The molecule has 1 heterocycles. The molecule has 2 atom stereocenters. The molecule has 0 aliphatic carbocycles. The van der Waals surface area contributed by atoms with Crippen LogP contribution in [0.2, 0.25) is 5.02 Å². The van der Waals surface area contributed by atoms with Crippen molar-refractivity contribution < 1.29 is 4.74 Å². The maximum Gasteiger partial charge on any atom is 0.0846 e. The van der Waals surface area contributed by atoms with E-state index in [9.17, 15) is 0 Å². The van der Waals surface area contributed by atoms with Crippen LogP contribution in [-0.2, 0) is 4.74 Å². The highest BCUT2D eigenvalue weighted by atomic mass is 35.5. The predicted molar refractivity (Wildman–Crippen MR) is 66.6 cm³/mol. The van der Waals surface area contributed by atoms with Crippen LogP contribution in [0.15, 0.2) is 24.3 Å². The van der Waals surface area contributed by atoms with Gasteiger partial charge in [0.1, 0.15) is 0 Å². The zero-order valence-electron chi connectivity index (χ0n) is 9.58. The quantitative estimate of drug-likeness (QED) is 0.860. The minimum absolute atomic E-state index is 0.0786. The van der Waals surface area contributed by atoms with Gasteiger partial charge in [0.2, 0.25) is 0 Å². The van der Waals surface area contributed by atoms with Gasteiger partial charge in [0.15, 0.2) is 0 Å². The Hall–Kier alpha value is -0.570. The van der Waals surface area contributed by atoms with Crippen molar-refractivity contribution in [2.75, 3.05) is 6.61 Å². The lowest BCUT2D eigenvalue weighted by Crippen LogP contribution is -2.43. The number of rotatable bonds is 2. The van der Waals surface area contributed by atoms with Crippen LogP contribution in [0.4, 0.5) is 0 Å². The van der Waals surface area contributed by atoms with E-state index in [1.165, 1.54) is 6.42 Å². The summed E-state index contributed by atoms with van der Waals surface area (Å²) in [6, 6.07) is 7.64. The fourth-order valence-electron chi connectivity index (χ4n) is 2.22. The summed E-state index contributed by atoms with van der Waals surface area (Å²) in [6.45, 7) is 2.92. The van der Waals surface area contributed by atoms with Gasteiger partial charge in [-0.2, -0.15) is 0 Å². The summed E-state index contributed by atoms with van der Waals surface area (Å²) in [7, 11) is 0. The highest BCUT2D eigenvalue weighted by molar-refractivity contribution is 6.30. The van der Waals surface area contributed by atoms with Crippen molar-refractivity contribution in [2.45, 2.75) is 37.8 Å². The first-order valence-electron chi connectivity index (χ1n) is 5.77. The van der Waals surface area contributed by atoms with E-state index >= 15 is 0 Å². The van der Waals surface area contributed by atoms with Crippen molar-refractivity contribution in [2.24, 2.45) is 5.73 Å². The number of nitrogens with two attached hydrogens (primary N) is 1. The van der Waals surface area contributed by atoms with Gasteiger partial charge in [-0.05, 0) is 43.9 Å². The second-order valence-corrected chi connectivity index (χ2v) is 5.08. The molecule has 3 heteroatoms. The maximum atomic E-state index is 6.29. The van der Waals surface area contributed by atoms with Crippen LogP contribution in [0, 0.1) is 0 Å². The van der Waals surface area contributed by atoms with Crippen molar-refractivity contribution in [3.05, 3.63) is 34.9 Å². The van der Waals surface area contributed by atoms with Crippen molar-refractivity contribution >= 4 is 11.6 Å². The molecule has 1 aromatic carbocycles. The molecule has 2 rings (SSSR count). The van der Waals surface area contributed by atoms with E-state index in [2.05, 4.69) is 6.92 Å². The van der Waals surface area contributed by atoms with Crippen molar-refractivity contribution in [3.8, 4) is 0 Å². The van der Waals surface area contributed by atoms with Crippen LogP contribution in [0.1, 0.15) is 37.8 Å². The Morgan fingerprint density at radius 3 is 2.56 bits per heavy atom. The molecule has 88 valence electrons. The second-order valence-electron chi connectivity index (χ2n) is 4.65. The van der Waals surface area contributed by atoms with Crippen LogP contribution in [0.5, 0.6) is 0 Å². The topological polar surface area (TPSA) is 35.2 Å². The minimum Gasteiger partial charge on any atom is -0.373 e. The lowest BCUT2D eigenvalue weighted by molar-refractivity contribution is -0.0820. The normalized spacial score (nSPS) is 27.7. The van der Waals surface area contributed by atoms with Gasteiger partial charge in [-0.25, -0.2) is 0 Å². The Morgan fingerprint density at radius 2 is 2.00 bits per heavy atom. The third kappa shape index (κ3) is 2.40. The standard InChI is InChI=1S/C13H18ClNO/c1-13(8-2-3-9-16-13)12(15)10-4-6-11(14)7-5-10/h4-7,12H,2-3,8-9,15H2,1H3. The van der Waals surface area contributed by atoms with Crippen LogP contribution >= 0.6 is 11.6 Å². The average Bonchev–Trinajstić information content (AvgIpc) is 2.30. The van der Waals surface area contributed by atoms with Gasteiger partial charge in [-0.15, -0.1) is 0 Å². The highest BCUT2D eigenvalue weighted by Crippen LogP contribution is 2.35. The Balaban J connectivity index is 2.16. The van der Waals surface area contributed by atoms with E-state index in [0.717, 1.165) is 30.0 Å². The SMILES string of the molecule is CC1(C(N)c2ccc(Cl)cc2)CCCCO1. The van der Waals surface area contributed by atoms with Gasteiger partial charge in [0.25, 0.3) is 0 Å². The lowest BCUT2D eigenvalue weighted by Gasteiger charge is -2.39. The summed E-state index contributed by atoms with van der Waals surface area (Å²) in [5.74, 6) is 0. The predicted octanol–water partition coefficient (Wildman–Crippen LogP) is 3.30. The summed E-state index contributed by atoms with van der Waals surface area (Å²) >= 11 is 5.86. The van der Waals surface area contributed by atoms with Crippen molar-refractivity contribution in [1.82, 2.24) is 0 Å². The van der Waals surface area contributed by atoms with E-state index in [-0.39, 0.29) is 11.6 Å². The fraction of sp³-hybridized carbons (Fsp3) is 0.538. The van der Waals surface area contributed by atoms with E-state index in [0.29, 0.717) is 0 Å². The molecule has 0 bridgehead atoms.